The Kier molecular flexibility index (Phi) is 3.26. The molecule has 1 rings (SSSR count). The largest absolute Gasteiger partial charge is 0.328 e. The predicted molar refractivity (Wildman–Crippen MR) is 48.8 cm³/mol. The zero-order valence-corrected chi connectivity index (χ0v) is 7.80. The minimum atomic E-state index is 0.518. The van der Waals surface area contributed by atoms with Crippen molar-refractivity contribution in [2.24, 2.45) is 11.7 Å². The van der Waals surface area contributed by atoms with Crippen LogP contribution in [-0.2, 0) is 0 Å². The van der Waals surface area contributed by atoms with E-state index in [2.05, 4.69) is 22.6 Å². The summed E-state index contributed by atoms with van der Waals surface area (Å²) < 4.78 is 1.32. The second kappa shape index (κ2) is 3.76. The molecule has 0 bridgehead atoms. The Morgan fingerprint density at radius 2 is 1.78 bits per heavy atom. The van der Waals surface area contributed by atoms with Crippen molar-refractivity contribution in [1.29, 1.82) is 0 Å². The summed E-state index contributed by atoms with van der Waals surface area (Å²) in [6.07, 6.45) is 5.25. The number of nitrogens with two attached hydrogens (primary N) is 1. The zero-order chi connectivity index (χ0) is 6.69. The molecule has 0 aromatic heterocycles. The van der Waals surface area contributed by atoms with Gasteiger partial charge < -0.3 is 5.73 Å². The molecule has 1 nitrogen and oxygen atoms in total. The van der Waals surface area contributed by atoms with E-state index in [0.717, 1.165) is 5.92 Å². The SMILES string of the molecule is N[C@H]1CC[C@H](CI)CC1. The van der Waals surface area contributed by atoms with Crippen LogP contribution in [-0.4, -0.2) is 10.5 Å². The van der Waals surface area contributed by atoms with Crippen molar-refractivity contribution in [1.82, 2.24) is 0 Å². The molecule has 2 heteroatoms. The third-order valence-electron chi connectivity index (χ3n) is 2.11. The van der Waals surface area contributed by atoms with Gasteiger partial charge in [0, 0.05) is 10.5 Å². The molecule has 54 valence electrons. The van der Waals surface area contributed by atoms with E-state index in [4.69, 9.17) is 5.73 Å². The second-order valence-corrected chi connectivity index (χ2v) is 3.82. The highest BCUT2D eigenvalue weighted by molar-refractivity contribution is 14.1. The van der Waals surface area contributed by atoms with E-state index in [1.165, 1.54) is 30.1 Å². The van der Waals surface area contributed by atoms with Gasteiger partial charge in [0.15, 0.2) is 0 Å². The normalized spacial score (nSPS) is 36.7. The summed E-state index contributed by atoms with van der Waals surface area (Å²) in [6.45, 7) is 0. The van der Waals surface area contributed by atoms with E-state index < -0.39 is 0 Å². The lowest BCUT2D eigenvalue weighted by atomic mass is 9.88. The maximum atomic E-state index is 5.75. The lowest BCUT2D eigenvalue weighted by Crippen LogP contribution is -2.26. The van der Waals surface area contributed by atoms with Crippen molar-refractivity contribution in [2.75, 3.05) is 4.43 Å². The fourth-order valence-corrected chi connectivity index (χ4v) is 2.22. The van der Waals surface area contributed by atoms with E-state index in [1.54, 1.807) is 0 Å². The van der Waals surface area contributed by atoms with Crippen molar-refractivity contribution < 1.29 is 0 Å². The maximum absolute atomic E-state index is 5.75. The molecular weight excluding hydrogens is 225 g/mol. The highest BCUT2D eigenvalue weighted by Crippen LogP contribution is 2.24. The molecule has 0 aliphatic heterocycles. The quantitative estimate of drug-likeness (QED) is 0.549. The van der Waals surface area contributed by atoms with Crippen molar-refractivity contribution in [2.45, 2.75) is 31.7 Å². The smallest absolute Gasteiger partial charge is 0.00390 e. The van der Waals surface area contributed by atoms with Gasteiger partial charge in [0.05, 0.1) is 0 Å². The van der Waals surface area contributed by atoms with Crippen molar-refractivity contribution >= 4 is 22.6 Å². The van der Waals surface area contributed by atoms with Gasteiger partial charge in [-0.3, -0.25) is 0 Å². The molecule has 1 aliphatic rings. The Morgan fingerprint density at radius 3 is 2.22 bits per heavy atom. The molecule has 1 fully saturated rings. The standard InChI is InChI=1S/C7H14IN/c8-5-6-1-3-7(9)4-2-6/h6-7H,1-5,9H2/t6-,7-. The summed E-state index contributed by atoms with van der Waals surface area (Å²) in [6, 6.07) is 0.518. The van der Waals surface area contributed by atoms with Crippen LogP contribution in [0.15, 0.2) is 0 Å². The minimum Gasteiger partial charge on any atom is -0.328 e. The fraction of sp³-hybridized carbons (Fsp3) is 1.00. The lowest BCUT2D eigenvalue weighted by Gasteiger charge is -2.23. The van der Waals surface area contributed by atoms with Crippen LogP contribution in [0.4, 0.5) is 0 Å². The number of rotatable bonds is 1. The van der Waals surface area contributed by atoms with Gasteiger partial charge in [0.2, 0.25) is 0 Å². The van der Waals surface area contributed by atoms with Gasteiger partial charge in [0.1, 0.15) is 0 Å². The first-order valence-corrected chi connectivity index (χ1v) is 5.17. The summed E-state index contributed by atoms with van der Waals surface area (Å²) in [5, 5.41) is 0. The molecule has 1 saturated carbocycles. The molecule has 0 aromatic carbocycles. The first-order valence-electron chi connectivity index (χ1n) is 3.64. The highest BCUT2D eigenvalue weighted by atomic mass is 127. The molecule has 0 radical (unpaired) electrons. The van der Waals surface area contributed by atoms with Crippen LogP contribution in [0.2, 0.25) is 0 Å². The van der Waals surface area contributed by atoms with Crippen LogP contribution < -0.4 is 5.73 Å². The molecule has 0 saturated heterocycles. The monoisotopic (exact) mass is 239 g/mol. The molecule has 0 spiro atoms. The summed E-state index contributed by atoms with van der Waals surface area (Å²) >= 11 is 2.47. The van der Waals surface area contributed by atoms with Crippen LogP contribution in [0.1, 0.15) is 25.7 Å². The summed E-state index contributed by atoms with van der Waals surface area (Å²) in [4.78, 5) is 0. The number of alkyl halides is 1. The van der Waals surface area contributed by atoms with Crippen molar-refractivity contribution in [3.63, 3.8) is 0 Å². The van der Waals surface area contributed by atoms with Crippen LogP contribution in [0, 0.1) is 5.92 Å². The Bertz CT molecular complexity index is 77.0. The summed E-state index contributed by atoms with van der Waals surface area (Å²) in [7, 11) is 0. The third kappa shape index (κ3) is 2.42. The number of halogens is 1. The van der Waals surface area contributed by atoms with Gasteiger partial charge in [-0.25, -0.2) is 0 Å². The van der Waals surface area contributed by atoms with E-state index in [9.17, 15) is 0 Å². The molecule has 9 heavy (non-hydrogen) atoms. The molecule has 1 aliphatic carbocycles. The number of hydrogen-bond acceptors (Lipinski definition) is 1. The molecule has 0 amide bonds. The van der Waals surface area contributed by atoms with Crippen LogP contribution in [0.5, 0.6) is 0 Å². The van der Waals surface area contributed by atoms with Gasteiger partial charge in [-0.15, -0.1) is 0 Å². The van der Waals surface area contributed by atoms with Crippen molar-refractivity contribution in [3.8, 4) is 0 Å². The topological polar surface area (TPSA) is 26.0 Å². The minimum absolute atomic E-state index is 0.518. The molecule has 0 unspecified atom stereocenters. The van der Waals surface area contributed by atoms with Crippen LogP contribution in [0.3, 0.4) is 0 Å². The molecule has 0 aromatic rings. The second-order valence-electron chi connectivity index (χ2n) is 2.94. The van der Waals surface area contributed by atoms with E-state index >= 15 is 0 Å². The first-order chi connectivity index (χ1) is 4.33. The lowest BCUT2D eigenvalue weighted by molar-refractivity contribution is 0.356. The van der Waals surface area contributed by atoms with E-state index in [1.807, 2.05) is 0 Å². The summed E-state index contributed by atoms with van der Waals surface area (Å²) in [5.41, 5.74) is 5.75. The highest BCUT2D eigenvalue weighted by Gasteiger charge is 2.16. The molecule has 2 N–H and O–H groups in total. The predicted octanol–water partition coefficient (Wildman–Crippen LogP) is 1.94. The van der Waals surface area contributed by atoms with Gasteiger partial charge >= 0.3 is 0 Å². The van der Waals surface area contributed by atoms with Crippen molar-refractivity contribution in [3.05, 3.63) is 0 Å². The Morgan fingerprint density at radius 1 is 1.22 bits per heavy atom. The molecule has 0 heterocycles. The Balaban J connectivity index is 2.18. The Labute approximate surface area is 70.5 Å². The number of hydrogen-bond donors (Lipinski definition) is 1. The first kappa shape index (κ1) is 7.79. The average Bonchev–Trinajstić information content (AvgIpc) is 1.90. The van der Waals surface area contributed by atoms with E-state index in [-0.39, 0.29) is 0 Å². The third-order valence-corrected chi connectivity index (χ3v) is 3.36. The van der Waals surface area contributed by atoms with Gasteiger partial charge in [-0.1, -0.05) is 22.6 Å². The van der Waals surface area contributed by atoms with Crippen LogP contribution in [0.25, 0.3) is 0 Å². The van der Waals surface area contributed by atoms with Gasteiger partial charge in [-0.05, 0) is 31.6 Å². The molecular formula is C7H14IN. The molecule has 0 atom stereocenters. The summed E-state index contributed by atoms with van der Waals surface area (Å²) in [5.74, 6) is 0.977. The fourth-order valence-electron chi connectivity index (χ4n) is 1.34. The van der Waals surface area contributed by atoms with Gasteiger partial charge in [-0.2, -0.15) is 0 Å². The Hall–Kier alpha value is 0.690. The zero-order valence-electron chi connectivity index (χ0n) is 5.65. The average molecular weight is 239 g/mol. The van der Waals surface area contributed by atoms with Gasteiger partial charge in [0.25, 0.3) is 0 Å². The van der Waals surface area contributed by atoms with Crippen LogP contribution >= 0.6 is 22.6 Å². The van der Waals surface area contributed by atoms with E-state index in [0.29, 0.717) is 6.04 Å². The maximum Gasteiger partial charge on any atom is 0.00390 e.